The number of methoxy groups -OCH3 is 2. The summed E-state index contributed by atoms with van der Waals surface area (Å²) in [6.45, 7) is 0.0180. The molecule has 0 saturated heterocycles. The summed E-state index contributed by atoms with van der Waals surface area (Å²) < 4.78 is 43.1. The van der Waals surface area contributed by atoms with E-state index in [9.17, 15) is 13.2 Å². The zero-order valence-corrected chi connectivity index (χ0v) is 16.0. The molecule has 0 aliphatic rings. The van der Waals surface area contributed by atoms with Crippen LogP contribution in [0.25, 0.3) is 11.5 Å². The number of nitrogens with one attached hydrogen (secondary N) is 1. The van der Waals surface area contributed by atoms with E-state index in [0.717, 1.165) is 0 Å². The molecule has 1 N–H and O–H groups in total. The van der Waals surface area contributed by atoms with Crippen LogP contribution in [0.4, 0.5) is 0 Å². The van der Waals surface area contributed by atoms with E-state index in [1.54, 1.807) is 30.5 Å². The number of pyridine rings is 1. The fourth-order valence-corrected chi connectivity index (χ4v) is 3.74. The fourth-order valence-electron chi connectivity index (χ4n) is 2.53. The van der Waals surface area contributed by atoms with Gasteiger partial charge < -0.3 is 13.9 Å². The van der Waals surface area contributed by atoms with Gasteiger partial charge in [-0.2, -0.15) is 0 Å². The standard InChI is InChI=1S/C19H18N2O6S/c1-25-17-6-5-14(19(22)26-2)11-18(17)28(23,24)21-12-13-7-8-20-15(10-13)16-4-3-9-27-16/h3-11,21H,12H2,1-2H3. The topological polar surface area (TPSA) is 108 Å². The Morgan fingerprint density at radius 1 is 1.18 bits per heavy atom. The van der Waals surface area contributed by atoms with Crippen LogP contribution in [0.2, 0.25) is 0 Å². The van der Waals surface area contributed by atoms with E-state index in [1.807, 2.05) is 0 Å². The number of sulfonamides is 1. The number of aromatic nitrogens is 1. The molecule has 9 heteroatoms. The molecule has 2 aromatic heterocycles. The van der Waals surface area contributed by atoms with E-state index < -0.39 is 16.0 Å². The molecule has 3 rings (SSSR count). The van der Waals surface area contributed by atoms with Gasteiger partial charge in [-0.1, -0.05) is 0 Å². The molecule has 1 aromatic carbocycles. The van der Waals surface area contributed by atoms with Crippen molar-refractivity contribution in [2.45, 2.75) is 11.4 Å². The molecular weight excluding hydrogens is 384 g/mol. The lowest BCUT2D eigenvalue weighted by Gasteiger charge is -2.12. The van der Waals surface area contributed by atoms with Crippen molar-refractivity contribution < 1.29 is 27.1 Å². The van der Waals surface area contributed by atoms with E-state index in [4.69, 9.17) is 9.15 Å². The van der Waals surface area contributed by atoms with Gasteiger partial charge in [-0.3, -0.25) is 4.98 Å². The number of hydrogen-bond donors (Lipinski definition) is 1. The van der Waals surface area contributed by atoms with Crippen molar-refractivity contribution in [2.75, 3.05) is 14.2 Å². The number of furan rings is 1. The maximum absolute atomic E-state index is 12.8. The van der Waals surface area contributed by atoms with Gasteiger partial charge in [-0.05, 0) is 48.0 Å². The molecule has 28 heavy (non-hydrogen) atoms. The average Bonchev–Trinajstić information content (AvgIpc) is 3.26. The normalized spacial score (nSPS) is 11.2. The first-order valence-electron chi connectivity index (χ1n) is 8.19. The van der Waals surface area contributed by atoms with Crippen molar-refractivity contribution in [1.29, 1.82) is 0 Å². The molecule has 3 aromatic rings. The largest absolute Gasteiger partial charge is 0.495 e. The number of rotatable bonds is 7. The second-order valence-corrected chi connectivity index (χ2v) is 7.44. The molecule has 0 amide bonds. The van der Waals surface area contributed by atoms with Gasteiger partial charge in [0.15, 0.2) is 5.76 Å². The van der Waals surface area contributed by atoms with Gasteiger partial charge in [0, 0.05) is 12.7 Å². The van der Waals surface area contributed by atoms with Crippen LogP contribution in [-0.2, 0) is 21.3 Å². The van der Waals surface area contributed by atoms with Crippen LogP contribution in [0.5, 0.6) is 5.75 Å². The van der Waals surface area contributed by atoms with Crippen molar-refractivity contribution >= 4 is 16.0 Å². The summed E-state index contributed by atoms with van der Waals surface area (Å²) in [4.78, 5) is 15.8. The van der Waals surface area contributed by atoms with E-state index in [0.29, 0.717) is 17.0 Å². The maximum atomic E-state index is 12.8. The van der Waals surface area contributed by atoms with Crippen LogP contribution in [-0.4, -0.2) is 33.6 Å². The second kappa shape index (κ2) is 8.24. The minimum Gasteiger partial charge on any atom is -0.495 e. The molecule has 2 heterocycles. The molecule has 0 aliphatic carbocycles. The minimum absolute atomic E-state index is 0.0180. The first kappa shape index (κ1) is 19.6. The summed E-state index contributed by atoms with van der Waals surface area (Å²) >= 11 is 0. The van der Waals surface area contributed by atoms with E-state index in [1.165, 1.54) is 38.7 Å². The van der Waals surface area contributed by atoms with Crippen LogP contribution in [0.1, 0.15) is 15.9 Å². The van der Waals surface area contributed by atoms with Gasteiger partial charge >= 0.3 is 5.97 Å². The Kier molecular flexibility index (Phi) is 5.76. The van der Waals surface area contributed by atoms with Crippen molar-refractivity contribution in [3.05, 3.63) is 66.1 Å². The van der Waals surface area contributed by atoms with Gasteiger partial charge in [-0.25, -0.2) is 17.9 Å². The highest BCUT2D eigenvalue weighted by Crippen LogP contribution is 2.25. The summed E-state index contributed by atoms with van der Waals surface area (Å²) in [6, 6.07) is 11.0. The van der Waals surface area contributed by atoms with Crippen LogP contribution in [0.15, 0.2) is 64.2 Å². The molecule has 0 aliphatic heterocycles. The molecule has 0 bridgehead atoms. The Bertz CT molecular complexity index is 1080. The molecule has 146 valence electrons. The predicted molar refractivity (Wildman–Crippen MR) is 100 cm³/mol. The first-order valence-corrected chi connectivity index (χ1v) is 9.68. The molecular formula is C19H18N2O6S. The number of ether oxygens (including phenoxy) is 2. The third kappa shape index (κ3) is 4.21. The van der Waals surface area contributed by atoms with Crippen molar-refractivity contribution in [2.24, 2.45) is 0 Å². The maximum Gasteiger partial charge on any atom is 0.337 e. The predicted octanol–water partition coefficient (Wildman–Crippen LogP) is 2.62. The number of esters is 1. The van der Waals surface area contributed by atoms with Crippen LogP contribution in [0, 0.1) is 0 Å². The second-order valence-electron chi connectivity index (χ2n) is 5.71. The van der Waals surface area contributed by atoms with Gasteiger partial charge in [0.05, 0.1) is 26.0 Å². The van der Waals surface area contributed by atoms with Gasteiger partial charge in [-0.15, -0.1) is 0 Å². The van der Waals surface area contributed by atoms with Gasteiger partial charge in [0.2, 0.25) is 10.0 Å². The Morgan fingerprint density at radius 3 is 2.68 bits per heavy atom. The van der Waals surface area contributed by atoms with Gasteiger partial charge in [0.1, 0.15) is 16.3 Å². The molecule has 0 saturated carbocycles. The monoisotopic (exact) mass is 402 g/mol. The SMILES string of the molecule is COC(=O)c1ccc(OC)c(S(=O)(=O)NCc2ccnc(-c3ccco3)c2)c1. The number of nitrogens with zero attached hydrogens (tertiary/aromatic N) is 1. The molecule has 0 unspecified atom stereocenters. The molecule has 0 atom stereocenters. The minimum atomic E-state index is -3.96. The Balaban J connectivity index is 1.85. The lowest BCUT2D eigenvalue weighted by molar-refractivity contribution is 0.0600. The highest BCUT2D eigenvalue weighted by atomic mass is 32.2. The van der Waals surface area contributed by atoms with Crippen molar-refractivity contribution in [3.63, 3.8) is 0 Å². The number of benzene rings is 1. The molecule has 0 fully saturated rings. The lowest BCUT2D eigenvalue weighted by Crippen LogP contribution is -2.24. The highest BCUT2D eigenvalue weighted by Gasteiger charge is 2.22. The third-order valence-corrected chi connectivity index (χ3v) is 5.36. The van der Waals surface area contributed by atoms with Crippen molar-refractivity contribution in [1.82, 2.24) is 9.71 Å². The molecule has 0 radical (unpaired) electrons. The average molecular weight is 402 g/mol. The van der Waals surface area contributed by atoms with E-state index >= 15 is 0 Å². The highest BCUT2D eigenvalue weighted by molar-refractivity contribution is 7.89. The third-order valence-electron chi connectivity index (χ3n) is 3.94. The summed E-state index contributed by atoms with van der Waals surface area (Å²) in [5, 5.41) is 0. The fraction of sp³-hybridized carbons (Fsp3) is 0.158. The van der Waals surface area contributed by atoms with Crippen LogP contribution in [0.3, 0.4) is 0 Å². The summed E-state index contributed by atoms with van der Waals surface area (Å²) in [5.74, 6) is 0.0552. The van der Waals surface area contributed by atoms with Crippen LogP contribution < -0.4 is 9.46 Å². The molecule has 8 nitrogen and oxygen atoms in total. The zero-order valence-electron chi connectivity index (χ0n) is 15.2. The Morgan fingerprint density at radius 2 is 2.00 bits per heavy atom. The smallest absolute Gasteiger partial charge is 0.337 e. The van der Waals surface area contributed by atoms with Gasteiger partial charge in [0.25, 0.3) is 0 Å². The first-order chi connectivity index (χ1) is 13.4. The van der Waals surface area contributed by atoms with E-state index in [-0.39, 0.29) is 22.8 Å². The summed E-state index contributed by atoms with van der Waals surface area (Å²) in [7, 11) is -1.39. The Labute approximate surface area is 162 Å². The summed E-state index contributed by atoms with van der Waals surface area (Å²) in [6.07, 6.45) is 3.10. The van der Waals surface area contributed by atoms with Crippen molar-refractivity contribution in [3.8, 4) is 17.2 Å². The molecule has 0 spiro atoms. The summed E-state index contributed by atoms with van der Waals surface area (Å²) in [5.41, 5.74) is 1.38. The van der Waals surface area contributed by atoms with E-state index in [2.05, 4.69) is 14.4 Å². The lowest BCUT2D eigenvalue weighted by atomic mass is 10.2. The Hall–Kier alpha value is -3.17. The number of carbonyl (C=O) groups excluding carboxylic acids is 1. The zero-order chi connectivity index (χ0) is 20.1. The number of hydrogen-bond acceptors (Lipinski definition) is 7. The number of carbonyl (C=O) groups is 1. The quantitative estimate of drug-likeness (QED) is 0.605. The van der Waals surface area contributed by atoms with Crippen LogP contribution >= 0.6 is 0 Å².